The van der Waals surface area contributed by atoms with Gasteiger partial charge >= 0.3 is 0 Å². The number of anilines is 2. The van der Waals surface area contributed by atoms with E-state index in [1.165, 1.54) is 0 Å². The van der Waals surface area contributed by atoms with Crippen LogP contribution in [-0.4, -0.2) is 34.8 Å². The maximum atomic E-state index is 9.20. The fraction of sp³-hybridized carbons (Fsp3) is 0.714. The molecule has 0 saturated carbocycles. The molecule has 1 heterocycles. The number of nitrogens with zero attached hydrogens (tertiary/aromatic N) is 3. The van der Waals surface area contributed by atoms with Crippen molar-refractivity contribution in [2.24, 2.45) is 0 Å². The van der Waals surface area contributed by atoms with E-state index in [-0.39, 0.29) is 12.0 Å². The maximum absolute atomic E-state index is 9.20. The van der Waals surface area contributed by atoms with Gasteiger partial charge in [0.2, 0.25) is 0 Å². The molecule has 0 aliphatic heterocycles. The van der Waals surface area contributed by atoms with Gasteiger partial charge in [-0.3, -0.25) is 0 Å². The standard InChI is InChI=1S/C14H26N4O/c1-6-7-18(8-9-19)12-10(2)11(15)16-13(17-12)14(3,4)5/h19H,6-9H2,1-5H3,(H2,15,16,17). The Morgan fingerprint density at radius 2 is 1.84 bits per heavy atom. The van der Waals surface area contributed by atoms with Crippen molar-refractivity contribution in [3.8, 4) is 0 Å². The average Bonchev–Trinajstić information content (AvgIpc) is 2.31. The molecule has 5 heteroatoms. The van der Waals surface area contributed by atoms with Crippen molar-refractivity contribution in [2.75, 3.05) is 30.3 Å². The number of aliphatic hydroxyl groups is 1. The topological polar surface area (TPSA) is 75.3 Å². The first-order valence-electron chi connectivity index (χ1n) is 6.81. The van der Waals surface area contributed by atoms with Crippen LogP contribution >= 0.6 is 0 Å². The lowest BCUT2D eigenvalue weighted by molar-refractivity contribution is 0.301. The summed E-state index contributed by atoms with van der Waals surface area (Å²) in [4.78, 5) is 11.1. The molecule has 0 aliphatic rings. The lowest BCUT2D eigenvalue weighted by Crippen LogP contribution is -2.31. The van der Waals surface area contributed by atoms with Crippen molar-refractivity contribution in [2.45, 2.75) is 46.5 Å². The molecule has 0 aromatic carbocycles. The van der Waals surface area contributed by atoms with Crippen LogP contribution in [0.2, 0.25) is 0 Å². The van der Waals surface area contributed by atoms with E-state index in [0.717, 1.165) is 30.2 Å². The first-order chi connectivity index (χ1) is 8.81. The van der Waals surface area contributed by atoms with E-state index >= 15 is 0 Å². The zero-order valence-electron chi connectivity index (χ0n) is 12.7. The molecule has 19 heavy (non-hydrogen) atoms. The fourth-order valence-corrected chi connectivity index (χ4v) is 1.88. The molecular weight excluding hydrogens is 240 g/mol. The number of nitrogens with two attached hydrogens (primary N) is 1. The van der Waals surface area contributed by atoms with Crippen LogP contribution in [0.4, 0.5) is 11.6 Å². The summed E-state index contributed by atoms with van der Waals surface area (Å²) < 4.78 is 0. The van der Waals surface area contributed by atoms with Crippen molar-refractivity contribution in [1.29, 1.82) is 0 Å². The van der Waals surface area contributed by atoms with Gasteiger partial charge in [0, 0.05) is 24.1 Å². The molecule has 0 unspecified atom stereocenters. The highest BCUT2D eigenvalue weighted by Crippen LogP contribution is 2.27. The predicted octanol–water partition coefficient (Wildman–Crippen LogP) is 1.87. The molecule has 1 rings (SSSR count). The minimum atomic E-state index is -0.145. The van der Waals surface area contributed by atoms with Crippen molar-refractivity contribution in [3.05, 3.63) is 11.4 Å². The van der Waals surface area contributed by atoms with Crippen molar-refractivity contribution < 1.29 is 5.11 Å². The quantitative estimate of drug-likeness (QED) is 0.851. The normalized spacial score (nSPS) is 11.7. The van der Waals surface area contributed by atoms with Crippen LogP contribution < -0.4 is 10.6 Å². The van der Waals surface area contributed by atoms with Crippen molar-refractivity contribution >= 4 is 11.6 Å². The molecule has 0 spiro atoms. The summed E-state index contributed by atoms with van der Waals surface area (Å²) in [5, 5.41) is 9.20. The van der Waals surface area contributed by atoms with Gasteiger partial charge in [-0.05, 0) is 13.3 Å². The van der Waals surface area contributed by atoms with Crippen LogP contribution in [-0.2, 0) is 5.41 Å². The number of nitrogen functional groups attached to an aromatic ring is 1. The molecule has 0 aliphatic carbocycles. The minimum Gasteiger partial charge on any atom is -0.395 e. The summed E-state index contributed by atoms with van der Waals surface area (Å²) in [6.45, 7) is 11.8. The number of aromatic nitrogens is 2. The number of aliphatic hydroxyl groups excluding tert-OH is 1. The Labute approximate surface area is 115 Å². The van der Waals surface area contributed by atoms with Crippen LogP contribution in [0.1, 0.15) is 45.5 Å². The Morgan fingerprint density at radius 1 is 1.21 bits per heavy atom. The Bertz CT molecular complexity index is 420. The molecule has 1 aromatic heterocycles. The highest BCUT2D eigenvalue weighted by molar-refractivity contribution is 5.56. The number of hydrogen-bond acceptors (Lipinski definition) is 5. The molecule has 0 amide bonds. The van der Waals surface area contributed by atoms with E-state index in [0.29, 0.717) is 12.4 Å². The van der Waals surface area contributed by atoms with Gasteiger partial charge in [0.15, 0.2) is 0 Å². The van der Waals surface area contributed by atoms with E-state index in [1.807, 2.05) is 6.92 Å². The Morgan fingerprint density at radius 3 is 2.32 bits per heavy atom. The van der Waals surface area contributed by atoms with E-state index in [2.05, 4.69) is 42.6 Å². The third-order valence-corrected chi connectivity index (χ3v) is 2.99. The molecule has 108 valence electrons. The van der Waals surface area contributed by atoms with Crippen molar-refractivity contribution in [3.63, 3.8) is 0 Å². The van der Waals surface area contributed by atoms with Gasteiger partial charge in [0.05, 0.1) is 6.61 Å². The summed E-state index contributed by atoms with van der Waals surface area (Å²) in [5.74, 6) is 2.10. The molecule has 0 fully saturated rings. The van der Waals surface area contributed by atoms with Crippen LogP contribution in [0.15, 0.2) is 0 Å². The molecule has 3 N–H and O–H groups in total. The van der Waals surface area contributed by atoms with E-state index in [9.17, 15) is 5.11 Å². The highest BCUT2D eigenvalue weighted by atomic mass is 16.3. The minimum absolute atomic E-state index is 0.105. The molecule has 1 aromatic rings. The predicted molar refractivity (Wildman–Crippen MR) is 79.5 cm³/mol. The zero-order chi connectivity index (χ0) is 14.6. The maximum Gasteiger partial charge on any atom is 0.138 e. The van der Waals surface area contributed by atoms with Gasteiger partial charge in [0.25, 0.3) is 0 Å². The average molecular weight is 266 g/mol. The summed E-state index contributed by atoms with van der Waals surface area (Å²) in [6.07, 6.45) is 0.994. The second-order valence-corrected chi connectivity index (χ2v) is 5.84. The van der Waals surface area contributed by atoms with Crippen LogP contribution in [0.3, 0.4) is 0 Å². The molecule has 0 atom stereocenters. The summed E-state index contributed by atoms with van der Waals surface area (Å²) in [7, 11) is 0. The Hall–Kier alpha value is -1.36. The first kappa shape index (κ1) is 15.7. The summed E-state index contributed by atoms with van der Waals surface area (Å²) >= 11 is 0. The van der Waals surface area contributed by atoms with E-state index in [4.69, 9.17) is 5.73 Å². The SMILES string of the molecule is CCCN(CCO)c1nc(C(C)(C)C)nc(N)c1C. The molecule has 0 bridgehead atoms. The lowest BCUT2D eigenvalue weighted by Gasteiger charge is -2.27. The Balaban J connectivity index is 3.27. The lowest BCUT2D eigenvalue weighted by atomic mass is 9.95. The molecular formula is C14H26N4O. The van der Waals surface area contributed by atoms with Gasteiger partial charge in [-0.2, -0.15) is 0 Å². The second-order valence-electron chi connectivity index (χ2n) is 5.84. The first-order valence-corrected chi connectivity index (χ1v) is 6.81. The fourth-order valence-electron chi connectivity index (χ4n) is 1.88. The third-order valence-electron chi connectivity index (χ3n) is 2.99. The zero-order valence-corrected chi connectivity index (χ0v) is 12.7. The smallest absolute Gasteiger partial charge is 0.138 e. The summed E-state index contributed by atoms with van der Waals surface area (Å²) in [5.41, 5.74) is 6.75. The molecule has 0 saturated heterocycles. The second kappa shape index (κ2) is 6.19. The van der Waals surface area contributed by atoms with Crippen LogP contribution in [0, 0.1) is 6.92 Å². The van der Waals surface area contributed by atoms with Gasteiger partial charge in [-0.25, -0.2) is 9.97 Å². The van der Waals surface area contributed by atoms with Gasteiger partial charge in [-0.1, -0.05) is 27.7 Å². The van der Waals surface area contributed by atoms with Gasteiger partial charge in [-0.15, -0.1) is 0 Å². The third kappa shape index (κ3) is 3.80. The number of hydrogen-bond donors (Lipinski definition) is 2. The molecule has 0 radical (unpaired) electrons. The van der Waals surface area contributed by atoms with E-state index < -0.39 is 0 Å². The van der Waals surface area contributed by atoms with Gasteiger partial charge < -0.3 is 15.7 Å². The monoisotopic (exact) mass is 266 g/mol. The van der Waals surface area contributed by atoms with Crippen molar-refractivity contribution in [1.82, 2.24) is 9.97 Å². The Kier molecular flexibility index (Phi) is 5.11. The largest absolute Gasteiger partial charge is 0.395 e. The van der Waals surface area contributed by atoms with Crippen LogP contribution in [0.25, 0.3) is 0 Å². The molecule has 5 nitrogen and oxygen atoms in total. The van der Waals surface area contributed by atoms with E-state index in [1.54, 1.807) is 0 Å². The highest BCUT2D eigenvalue weighted by Gasteiger charge is 2.22. The summed E-state index contributed by atoms with van der Waals surface area (Å²) in [6, 6.07) is 0. The number of rotatable bonds is 5. The van der Waals surface area contributed by atoms with Crippen LogP contribution in [0.5, 0.6) is 0 Å². The van der Waals surface area contributed by atoms with Gasteiger partial charge in [0.1, 0.15) is 17.5 Å².